The lowest BCUT2D eigenvalue weighted by atomic mass is 10.1. The van der Waals surface area contributed by atoms with Crippen molar-refractivity contribution in [3.8, 4) is 0 Å². The van der Waals surface area contributed by atoms with E-state index in [0.717, 1.165) is 18.0 Å². The average Bonchev–Trinajstić information content (AvgIpc) is 2.50. The highest BCUT2D eigenvalue weighted by Gasteiger charge is 2.27. The van der Waals surface area contributed by atoms with Crippen molar-refractivity contribution in [2.45, 2.75) is 39.3 Å². The summed E-state index contributed by atoms with van der Waals surface area (Å²) in [4.78, 5) is 4.97. The van der Waals surface area contributed by atoms with Crippen LogP contribution < -0.4 is 0 Å². The third kappa shape index (κ3) is 2.68. The van der Waals surface area contributed by atoms with Crippen molar-refractivity contribution in [3.63, 3.8) is 0 Å². The van der Waals surface area contributed by atoms with Crippen LogP contribution in [0.15, 0.2) is 0 Å². The van der Waals surface area contributed by atoms with E-state index in [1.807, 2.05) is 0 Å². The molecule has 1 heterocycles. The Morgan fingerprint density at radius 1 is 1.23 bits per heavy atom. The van der Waals surface area contributed by atoms with Crippen LogP contribution in [-0.4, -0.2) is 49.1 Å². The van der Waals surface area contributed by atoms with Crippen LogP contribution in [-0.2, 0) is 0 Å². The van der Waals surface area contributed by atoms with Crippen LogP contribution in [0.5, 0.6) is 0 Å². The molecule has 0 amide bonds. The second-order valence-corrected chi connectivity index (χ2v) is 4.89. The number of likely N-dealkylation sites (tertiary alicyclic amines) is 1. The fourth-order valence-corrected chi connectivity index (χ4v) is 1.98. The molecule has 78 valence electrons. The van der Waals surface area contributed by atoms with Crippen molar-refractivity contribution < 1.29 is 0 Å². The first-order chi connectivity index (χ1) is 6.02. The first-order valence-electron chi connectivity index (χ1n) is 5.43. The van der Waals surface area contributed by atoms with Gasteiger partial charge in [0.1, 0.15) is 0 Å². The minimum absolute atomic E-state index is 0.741. The van der Waals surface area contributed by atoms with E-state index in [0.29, 0.717) is 0 Å². The Labute approximate surface area is 82.9 Å². The van der Waals surface area contributed by atoms with E-state index in [-0.39, 0.29) is 0 Å². The van der Waals surface area contributed by atoms with Crippen LogP contribution >= 0.6 is 0 Å². The molecule has 1 unspecified atom stereocenters. The molecule has 13 heavy (non-hydrogen) atoms. The largest absolute Gasteiger partial charge is 0.305 e. The summed E-state index contributed by atoms with van der Waals surface area (Å²) in [6.07, 6.45) is 1.34. The van der Waals surface area contributed by atoms with Gasteiger partial charge in [0, 0.05) is 25.2 Å². The highest BCUT2D eigenvalue weighted by molar-refractivity contribution is 4.84. The molecule has 1 fully saturated rings. The second-order valence-electron chi connectivity index (χ2n) is 4.89. The molecule has 0 aromatic rings. The molecule has 0 N–H and O–H groups in total. The number of nitrogens with zero attached hydrogens (tertiary/aromatic N) is 2. The predicted molar refractivity (Wildman–Crippen MR) is 58.0 cm³/mol. The summed E-state index contributed by atoms with van der Waals surface area (Å²) in [5.41, 5.74) is 0. The van der Waals surface area contributed by atoms with E-state index in [9.17, 15) is 0 Å². The highest BCUT2D eigenvalue weighted by atomic mass is 15.2. The Kier molecular flexibility index (Phi) is 3.74. The van der Waals surface area contributed by atoms with Crippen LogP contribution in [0, 0.1) is 5.92 Å². The standard InChI is InChI=1S/C11H24N2/c1-9(2)10(3)13-7-6-11(8-13)12(4)5/h9-11H,6-8H2,1-5H3/t10?,11-/m1/s1. The number of hydrogen-bond donors (Lipinski definition) is 0. The van der Waals surface area contributed by atoms with Gasteiger partial charge in [-0.15, -0.1) is 0 Å². The van der Waals surface area contributed by atoms with Gasteiger partial charge in [0.25, 0.3) is 0 Å². The van der Waals surface area contributed by atoms with Gasteiger partial charge in [0.15, 0.2) is 0 Å². The molecule has 0 aromatic heterocycles. The van der Waals surface area contributed by atoms with Gasteiger partial charge in [0.05, 0.1) is 0 Å². The molecule has 1 saturated heterocycles. The maximum absolute atomic E-state index is 2.62. The van der Waals surface area contributed by atoms with Crippen molar-refractivity contribution in [3.05, 3.63) is 0 Å². The number of likely N-dealkylation sites (N-methyl/N-ethyl adjacent to an activating group) is 1. The normalized spacial score (nSPS) is 27.5. The van der Waals surface area contributed by atoms with Gasteiger partial charge in [-0.3, -0.25) is 4.90 Å². The van der Waals surface area contributed by atoms with Crippen LogP contribution in [0.3, 0.4) is 0 Å². The maximum atomic E-state index is 2.62. The summed E-state index contributed by atoms with van der Waals surface area (Å²) in [7, 11) is 4.38. The van der Waals surface area contributed by atoms with Gasteiger partial charge in [-0.1, -0.05) is 13.8 Å². The molecule has 1 rings (SSSR count). The van der Waals surface area contributed by atoms with E-state index in [1.54, 1.807) is 0 Å². The molecule has 0 saturated carbocycles. The number of rotatable bonds is 3. The minimum atomic E-state index is 0.741. The van der Waals surface area contributed by atoms with E-state index in [4.69, 9.17) is 0 Å². The molecule has 0 bridgehead atoms. The van der Waals surface area contributed by atoms with E-state index >= 15 is 0 Å². The summed E-state index contributed by atoms with van der Waals surface area (Å²) in [6, 6.07) is 1.52. The quantitative estimate of drug-likeness (QED) is 0.658. The van der Waals surface area contributed by atoms with Crippen LogP contribution in [0.25, 0.3) is 0 Å². The Hall–Kier alpha value is -0.0800. The minimum Gasteiger partial charge on any atom is -0.305 e. The van der Waals surface area contributed by atoms with Gasteiger partial charge < -0.3 is 4.90 Å². The summed E-state index contributed by atoms with van der Waals surface area (Å²) in [6.45, 7) is 9.51. The zero-order valence-corrected chi connectivity index (χ0v) is 9.75. The molecular weight excluding hydrogens is 160 g/mol. The summed E-state index contributed by atoms with van der Waals surface area (Å²) in [5, 5.41) is 0. The van der Waals surface area contributed by atoms with Crippen molar-refractivity contribution in [1.82, 2.24) is 9.80 Å². The molecule has 0 aliphatic carbocycles. The second kappa shape index (κ2) is 4.43. The van der Waals surface area contributed by atoms with Crippen LogP contribution in [0.1, 0.15) is 27.2 Å². The summed E-state index contributed by atoms with van der Waals surface area (Å²) < 4.78 is 0. The topological polar surface area (TPSA) is 6.48 Å². The Morgan fingerprint density at radius 3 is 2.23 bits per heavy atom. The lowest BCUT2D eigenvalue weighted by molar-refractivity contribution is 0.189. The van der Waals surface area contributed by atoms with Crippen molar-refractivity contribution in [1.29, 1.82) is 0 Å². The van der Waals surface area contributed by atoms with Gasteiger partial charge in [-0.25, -0.2) is 0 Å². The van der Waals surface area contributed by atoms with Gasteiger partial charge in [-0.05, 0) is 33.4 Å². The van der Waals surface area contributed by atoms with E-state index in [1.165, 1.54) is 19.5 Å². The van der Waals surface area contributed by atoms with E-state index < -0.39 is 0 Å². The fourth-order valence-electron chi connectivity index (χ4n) is 1.98. The average molecular weight is 184 g/mol. The zero-order chi connectivity index (χ0) is 10.0. The molecule has 2 heteroatoms. The monoisotopic (exact) mass is 184 g/mol. The third-order valence-corrected chi connectivity index (χ3v) is 3.47. The SMILES string of the molecule is CC(C)C(C)N1CC[C@@H](N(C)C)C1. The van der Waals surface area contributed by atoms with Gasteiger partial charge in [0.2, 0.25) is 0 Å². The van der Waals surface area contributed by atoms with Gasteiger partial charge >= 0.3 is 0 Å². The molecule has 0 spiro atoms. The molecule has 2 nitrogen and oxygen atoms in total. The molecular formula is C11H24N2. The molecule has 1 aliphatic rings. The molecule has 2 atom stereocenters. The molecule has 0 aromatic carbocycles. The lowest BCUT2D eigenvalue weighted by Gasteiger charge is -2.28. The first kappa shape index (κ1) is 11.0. The fraction of sp³-hybridized carbons (Fsp3) is 1.00. The highest BCUT2D eigenvalue weighted by Crippen LogP contribution is 2.19. The Balaban J connectivity index is 2.40. The molecule has 0 radical (unpaired) electrons. The summed E-state index contributed by atoms with van der Waals surface area (Å²) in [5.74, 6) is 0.779. The van der Waals surface area contributed by atoms with Crippen molar-refractivity contribution in [2.24, 2.45) is 5.92 Å². The Morgan fingerprint density at radius 2 is 1.85 bits per heavy atom. The third-order valence-electron chi connectivity index (χ3n) is 3.47. The first-order valence-corrected chi connectivity index (χ1v) is 5.43. The van der Waals surface area contributed by atoms with Gasteiger partial charge in [-0.2, -0.15) is 0 Å². The molecule has 1 aliphatic heterocycles. The van der Waals surface area contributed by atoms with Crippen LogP contribution in [0.4, 0.5) is 0 Å². The zero-order valence-electron chi connectivity index (χ0n) is 9.75. The number of hydrogen-bond acceptors (Lipinski definition) is 2. The van der Waals surface area contributed by atoms with Crippen molar-refractivity contribution >= 4 is 0 Å². The van der Waals surface area contributed by atoms with Crippen molar-refractivity contribution in [2.75, 3.05) is 27.2 Å². The Bertz CT molecular complexity index is 154. The van der Waals surface area contributed by atoms with E-state index in [2.05, 4.69) is 44.7 Å². The smallest absolute Gasteiger partial charge is 0.0229 e. The lowest BCUT2D eigenvalue weighted by Crippen LogP contribution is -2.38. The predicted octanol–water partition coefficient (Wildman–Crippen LogP) is 1.67. The maximum Gasteiger partial charge on any atom is 0.0229 e. The van der Waals surface area contributed by atoms with Crippen LogP contribution in [0.2, 0.25) is 0 Å². The summed E-state index contributed by atoms with van der Waals surface area (Å²) >= 11 is 0.